The van der Waals surface area contributed by atoms with E-state index >= 15 is 0 Å². The Labute approximate surface area is 247 Å². The van der Waals surface area contributed by atoms with Crippen LogP contribution in [-0.2, 0) is 25.8 Å². The van der Waals surface area contributed by atoms with Crippen LogP contribution in [0.25, 0.3) is 64.6 Å². The van der Waals surface area contributed by atoms with Crippen molar-refractivity contribution >= 4 is 64.6 Å². The summed E-state index contributed by atoms with van der Waals surface area (Å²) in [6.07, 6.45) is 0. The molecule has 8 rings (SSSR count). The van der Waals surface area contributed by atoms with E-state index in [-0.39, 0.29) is 50.7 Å². The van der Waals surface area contributed by atoms with Gasteiger partial charge in [-0.1, -0.05) is 108 Å². The molecule has 0 fully saturated rings. The number of hydrogen-bond donors (Lipinski definition) is 0. The van der Waals surface area contributed by atoms with Gasteiger partial charge < -0.3 is 24.8 Å². The van der Waals surface area contributed by atoms with E-state index in [9.17, 15) is 0 Å². The summed E-state index contributed by atoms with van der Waals surface area (Å²) < 4.78 is 0. The van der Waals surface area contributed by atoms with Gasteiger partial charge in [-0.2, -0.15) is 0 Å². The van der Waals surface area contributed by atoms with Crippen molar-refractivity contribution in [2.75, 3.05) is 0 Å². The Morgan fingerprint density at radius 3 is 1.05 bits per heavy atom. The molecule has 0 N–H and O–H groups in total. The van der Waals surface area contributed by atoms with Gasteiger partial charge in [0.05, 0.1) is 0 Å². The Balaban J connectivity index is 0.000000160. The van der Waals surface area contributed by atoms with Crippen LogP contribution in [0.3, 0.4) is 0 Å². The Morgan fingerprint density at radius 1 is 0.324 bits per heavy atom. The minimum absolute atomic E-state index is 0. The second-order valence-corrected chi connectivity index (χ2v) is 9.04. The van der Waals surface area contributed by atoms with E-state index in [1.807, 2.05) is 0 Å². The summed E-state index contributed by atoms with van der Waals surface area (Å²) in [5, 5.41) is 16.0. The zero-order valence-electron chi connectivity index (χ0n) is 20.0. The molecule has 0 unspecified atom stereocenters. The molecule has 0 spiro atoms. The Hall–Kier alpha value is -2.97. The first-order valence-corrected chi connectivity index (χ1v) is 11.8. The Bertz CT molecular complexity index is 1820. The third kappa shape index (κ3) is 4.84. The number of halogens is 2. The molecule has 0 aliphatic carbocycles. The van der Waals surface area contributed by atoms with Crippen LogP contribution in [-0.4, -0.2) is 0 Å². The van der Waals surface area contributed by atoms with Crippen molar-refractivity contribution in [2.45, 2.75) is 0 Å². The number of hydrogen-bond acceptors (Lipinski definition) is 0. The molecule has 8 aromatic carbocycles. The number of fused-ring (bicyclic) bond motifs is 8. The molecule has 0 atom stereocenters. The first-order valence-electron chi connectivity index (χ1n) is 11.8. The number of rotatable bonds is 0. The van der Waals surface area contributed by atoms with Crippen LogP contribution in [0.1, 0.15) is 0 Å². The van der Waals surface area contributed by atoms with Gasteiger partial charge in [-0.25, -0.2) is 0 Å². The summed E-state index contributed by atoms with van der Waals surface area (Å²) in [5.74, 6) is 0. The minimum Gasteiger partial charge on any atom is -1.00 e. The molecule has 0 saturated carbocycles. The SMILES string of the molecule is [Cl-].[Cl-].[Hf+4].c1ccc2cc3c(cc2c1)[cH-]c1ccccc13.c1ccc2cc3c(cc2c1)[cH-]c1ccccc13. The summed E-state index contributed by atoms with van der Waals surface area (Å²) in [7, 11) is 0. The number of benzene rings is 6. The van der Waals surface area contributed by atoms with Gasteiger partial charge >= 0.3 is 25.8 Å². The minimum atomic E-state index is 0. The molecular formula is C34H22Cl2Hf. The summed E-state index contributed by atoms with van der Waals surface area (Å²) in [5.41, 5.74) is 0. The molecule has 8 aromatic rings. The monoisotopic (exact) mass is 680 g/mol. The average molecular weight is 680 g/mol. The Kier molecular flexibility index (Phi) is 8.19. The third-order valence-electron chi connectivity index (χ3n) is 6.96. The average Bonchev–Trinajstić information content (AvgIpc) is 3.43. The van der Waals surface area contributed by atoms with Gasteiger partial charge in [0.15, 0.2) is 0 Å². The van der Waals surface area contributed by atoms with E-state index in [4.69, 9.17) is 0 Å². The van der Waals surface area contributed by atoms with Crippen molar-refractivity contribution < 1.29 is 50.7 Å². The van der Waals surface area contributed by atoms with Gasteiger partial charge in [-0.05, 0) is 10.8 Å². The summed E-state index contributed by atoms with van der Waals surface area (Å²) >= 11 is 0. The van der Waals surface area contributed by atoms with Crippen molar-refractivity contribution in [2.24, 2.45) is 0 Å². The predicted molar refractivity (Wildman–Crippen MR) is 149 cm³/mol. The Morgan fingerprint density at radius 2 is 0.649 bits per heavy atom. The zero-order valence-corrected chi connectivity index (χ0v) is 25.1. The van der Waals surface area contributed by atoms with Crippen LogP contribution in [0, 0.1) is 0 Å². The quantitative estimate of drug-likeness (QED) is 0.169. The standard InChI is InChI=1S/2C17H11.2ClH.Hf/c2*1-2-6-13-11-17-15(9-12(13)5-1)10-14-7-3-4-8-16(14)17;;;/h2*1-11H;2*1H;/q2*-1;;;+4/p-2. The van der Waals surface area contributed by atoms with Gasteiger partial charge in [0.25, 0.3) is 0 Å². The van der Waals surface area contributed by atoms with Gasteiger partial charge in [0, 0.05) is 0 Å². The molecule has 0 nitrogen and oxygen atoms in total. The molecule has 0 saturated heterocycles. The van der Waals surface area contributed by atoms with Crippen molar-refractivity contribution in [3.63, 3.8) is 0 Å². The summed E-state index contributed by atoms with van der Waals surface area (Å²) in [6, 6.07) is 48.0. The molecule has 0 aliphatic heterocycles. The summed E-state index contributed by atoms with van der Waals surface area (Å²) in [4.78, 5) is 0. The van der Waals surface area contributed by atoms with E-state index < -0.39 is 0 Å². The zero-order chi connectivity index (χ0) is 22.5. The normalized spacial score (nSPS) is 10.6. The topological polar surface area (TPSA) is 0 Å². The van der Waals surface area contributed by atoms with Crippen LogP contribution in [0.2, 0.25) is 0 Å². The molecule has 0 aliphatic rings. The summed E-state index contributed by atoms with van der Waals surface area (Å²) in [6.45, 7) is 0. The van der Waals surface area contributed by atoms with Crippen LogP contribution in [0.5, 0.6) is 0 Å². The molecule has 0 heterocycles. The van der Waals surface area contributed by atoms with E-state index in [0.717, 1.165) is 0 Å². The molecule has 3 heteroatoms. The van der Waals surface area contributed by atoms with Crippen LogP contribution >= 0.6 is 0 Å². The molecule has 176 valence electrons. The molecule has 0 bridgehead atoms. The van der Waals surface area contributed by atoms with Gasteiger partial charge in [0.2, 0.25) is 0 Å². The fraction of sp³-hybridized carbons (Fsp3) is 0. The van der Waals surface area contributed by atoms with Crippen molar-refractivity contribution in [3.8, 4) is 0 Å². The largest absolute Gasteiger partial charge is 4.00 e. The third-order valence-corrected chi connectivity index (χ3v) is 6.96. The first-order chi connectivity index (χ1) is 16.8. The van der Waals surface area contributed by atoms with Crippen molar-refractivity contribution in [3.05, 3.63) is 133 Å². The second kappa shape index (κ2) is 11.2. The van der Waals surface area contributed by atoms with Gasteiger partial charge in [-0.15, -0.1) is 79.5 Å². The molecule has 0 aromatic heterocycles. The van der Waals surface area contributed by atoms with E-state index in [0.29, 0.717) is 0 Å². The van der Waals surface area contributed by atoms with Crippen LogP contribution in [0.4, 0.5) is 0 Å². The smallest absolute Gasteiger partial charge is 1.00 e. The molecular weight excluding hydrogens is 658 g/mol. The first kappa shape index (κ1) is 27.1. The van der Waals surface area contributed by atoms with E-state index in [2.05, 4.69) is 133 Å². The second-order valence-electron chi connectivity index (χ2n) is 9.04. The maximum Gasteiger partial charge on any atom is 4.00 e. The van der Waals surface area contributed by atoms with Gasteiger partial charge in [-0.3, -0.25) is 0 Å². The van der Waals surface area contributed by atoms with Gasteiger partial charge in [0.1, 0.15) is 0 Å². The van der Waals surface area contributed by atoms with Crippen molar-refractivity contribution in [1.82, 2.24) is 0 Å². The van der Waals surface area contributed by atoms with Crippen LogP contribution < -0.4 is 24.8 Å². The molecule has 37 heavy (non-hydrogen) atoms. The fourth-order valence-electron chi connectivity index (χ4n) is 5.29. The fourth-order valence-corrected chi connectivity index (χ4v) is 5.29. The van der Waals surface area contributed by atoms with E-state index in [1.54, 1.807) is 0 Å². The van der Waals surface area contributed by atoms with E-state index in [1.165, 1.54) is 64.6 Å². The maximum absolute atomic E-state index is 2.30. The predicted octanol–water partition coefficient (Wildman–Crippen LogP) is 3.74. The van der Waals surface area contributed by atoms with Crippen LogP contribution in [0.15, 0.2) is 133 Å². The maximum atomic E-state index is 2.30. The van der Waals surface area contributed by atoms with Crippen molar-refractivity contribution in [1.29, 1.82) is 0 Å². The molecule has 0 amide bonds. The molecule has 0 radical (unpaired) electrons.